The molecule has 1 saturated heterocycles. The summed E-state index contributed by atoms with van der Waals surface area (Å²) in [5.74, 6) is -3.54. The third kappa shape index (κ3) is 5.24. The first kappa shape index (κ1) is 24.8. The Bertz CT molecular complexity index is 1020. The van der Waals surface area contributed by atoms with Crippen LogP contribution in [-0.4, -0.2) is 58.5 Å². The Morgan fingerprint density at radius 2 is 1.85 bits per heavy atom. The maximum Gasteiger partial charge on any atom is 0.417 e. The molecule has 33 heavy (non-hydrogen) atoms. The Kier molecular flexibility index (Phi) is 7.22. The van der Waals surface area contributed by atoms with Crippen LogP contribution in [0.3, 0.4) is 0 Å². The summed E-state index contributed by atoms with van der Waals surface area (Å²) in [5, 5.41) is 32.1. The van der Waals surface area contributed by atoms with Crippen LogP contribution in [0.15, 0.2) is 36.4 Å². The molecule has 3 rings (SSSR count). The van der Waals surface area contributed by atoms with Crippen LogP contribution in [0.5, 0.6) is 5.75 Å². The van der Waals surface area contributed by atoms with Gasteiger partial charge in [0.25, 0.3) is 0 Å². The Hall–Kier alpha value is -2.80. The Balaban J connectivity index is 2.12. The van der Waals surface area contributed by atoms with E-state index < -0.39 is 83.4 Å². The van der Waals surface area contributed by atoms with E-state index in [-0.39, 0.29) is 0 Å². The minimum Gasteiger partial charge on any atom is -0.462 e. The number of ether oxygens (including phenoxy) is 2. The monoisotopic (exact) mass is 477 g/mol. The molecule has 0 radical (unpaired) electrons. The van der Waals surface area contributed by atoms with Gasteiger partial charge in [0.1, 0.15) is 41.7 Å². The van der Waals surface area contributed by atoms with Crippen LogP contribution >= 0.6 is 0 Å². The van der Waals surface area contributed by atoms with Crippen LogP contribution in [-0.2, 0) is 15.7 Å². The van der Waals surface area contributed by atoms with Crippen molar-refractivity contribution in [3.63, 3.8) is 0 Å². The average molecular weight is 477 g/mol. The van der Waals surface area contributed by atoms with Gasteiger partial charge < -0.3 is 30.1 Å². The second kappa shape index (κ2) is 9.59. The molecule has 1 amide bonds. The predicted octanol–water partition coefficient (Wildman–Crippen LogP) is 1.97. The van der Waals surface area contributed by atoms with Gasteiger partial charge in [0.2, 0.25) is 12.2 Å². The van der Waals surface area contributed by atoms with E-state index in [1.807, 2.05) is 0 Å². The van der Waals surface area contributed by atoms with Crippen molar-refractivity contribution < 1.29 is 51.5 Å². The zero-order valence-corrected chi connectivity index (χ0v) is 17.0. The molecule has 2 aromatic rings. The van der Waals surface area contributed by atoms with Crippen molar-refractivity contribution in [2.24, 2.45) is 0 Å². The molecule has 0 spiro atoms. The van der Waals surface area contributed by atoms with Crippen molar-refractivity contribution in [3.8, 4) is 16.9 Å². The van der Waals surface area contributed by atoms with Crippen molar-refractivity contribution in [1.29, 1.82) is 0 Å². The van der Waals surface area contributed by atoms with Gasteiger partial charge in [-0.3, -0.25) is 4.79 Å². The zero-order valence-electron chi connectivity index (χ0n) is 17.0. The van der Waals surface area contributed by atoms with Crippen molar-refractivity contribution in [2.75, 3.05) is 6.61 Å². The summed E-state index contributed by atoms with van der Waals surface area (Å²) in [7, 11) is 0. The lowest BCUT2D eigenvalue weighted by atomic mass is 9.96. The SMILES string of the molecule is CC(=O)N[C@H]1[C@H](Oc2cccc(C(F)(F)F)c2-c2ccc(F)cc2F)O[C@H](CO)[C@H](O)[C@@H]1O. The third-order valence-electron chi connectivity index (χ3n) is 5.03. The first-order valence-corrected chi connectivity index (χ1v) is 9.66. The molecule has 1 heterocycles. The molecule has 1 fully saturated rings. The fourth-order valence-corrected chi connectivity index (χ4v) is 3.53. The number of carbonyl (C=O) groups is 1. The van der Waals surface area contributed by atoms with Gasteiger partial charge in [0, 0.05) is 24.1 Å². The van der Waals surface area contributed by atoms with Gasteiger partial charge in [-0.1, -0.05) is 6.07 Å². The maximum atomic E-state index is 14.5. The fraction of sp³-hybridized carbons (Fsp3) is 0.381. The van der Waals surface area contributed by atoms with Crippen LogP contribution in [0.2, 0.25) is 0 Å². The van der Waals surface area contributed by atoms with Crippen molar-refractivity contribution in [2.45, 2.75) is 43.7 Å². The highest BCUT2D eigenvalue weighted by molar-refractivity contribution is 5.75. The summed E-state index contributed by atoms with van der Waals surface area (Å²) in [6.07, 6.45) is -11.4. The molecule has 1 aliphatic rings. The highest BCUT2D eigenvalue weighted by atomic mass is 19.4. The van der Waals surface area contributed by atoms with E-state index in [1.54, 1.807) is 0 Å². The number of nitrogens with one attached hydrogen (secondary N) is 1. The lowest BCUT2D eigenvalue weighted by Gasteiger charge is -2.42. The van der Waals surface area contributed by atoms with E-state index in [9.17, 15) is 42.1 Å². The molecule has 12 heteroatoms. The van der Waals surface area contributed by atoms with Gasteiger partial charge >= 0.3 is 6.18 Å². The zero-order chi connectivity index (χ0) is 24.5. The second-order valence-corrected chi connectivity index (χ2v) is 7.35. The van der Waals surface area contributed by atoms with Crippen LogP contribution < -0.4 is 10.1 Å². The average Bonchev–Trinajstić information content (AvgIpc) is 2.72. The van der Waals surface area contributed by atoms with Crippen LogP contribution in [0.25, 0.3) is 11.1 Å². The molecule has 5 atom stereocenters. The Morgan fingerprint density at radius 1 is 1.15 bits per heavy atom. The number of benzene rings is 2. The summed E-state index contributed by atoms with van der Waals surface area (Å²) < 4.78 is 80.0. The van der Waals surface area contributed by atoms with E-state index in [1.165, 1.54) is 0 Å². The van der Waals surface area contributed by atoms with Crippen LogP contribution in [0.4, 0.5) is 22.0 Å². The highest BCUT2D eigenvalue weighted by Crippen LogP contribution is 2.44. The molecule has 7 nitrogen and oxygen atoms in total. The summed E-state index contributed by atoms with van der Waals surface area (Å²) in [6, 6.07) is 3.25. The first-order valence-electron chi connectivity index (χ1n) is 9.66. The molecular formula is C21H20F5NO6. The summed E-state index contributed by atoms with van der Waals surface area (Å²) in [4.78, 5) is 11.6. The van der Waals surface area contributed by atoms with Gasteiger partial charge in [-0.2, -0.15) is 13.2 Å². The summed E-state index contributed by atoms with van der Waals surface area (Å²) in [5.41, 5.74) is -2.68. The largest absolute Gasteiger partial charge is 0.462 e. The highest BCUT2D eigenvalue weighted by Gasteiger charge is 2.46. The molecule has 0 aromatic heterocycles. The van der Waals surface area contributed by atoms with Crippen molar-refractivity contribution in [1.82, 2.24) is 5.32 Å². The minimum atomic E-state index is -4.96. The first-order chi connectivity index (χ1) is 15.4. The standard InChI is InChI=1S/C21H20F5NO6/c1-9(29)27-17-19(31)18(30)15(8-28)33-20(17)32-14-4-2-3-12(21(24,25)26)16(14)11-6-5-10(22)7-13(11)23/h2-7,15,17-20,28,30-31H,8H2,1H3,(H,27,29)/t15-,17-,18+,19-,20-/m1/s1. The molecule has 0 unspecified atom stereocenters. The number of amides is 1. The number of hydrogen-bond donors (Lipinski definition) is 4. The second-order valence-electron chi connectivity index (χ2n) is 7.35. The number of alkyl halides is 3. The number of carbonyl (C=O) groups excluding carboxylic acids is 1. The molecule has 180 valence electrons. The van der Waals surface area contributed by atoms with E-state index >= 15 is 0 Å². The number of hydrogen-bond acceptors (Lipinski definition) is 6. The normalized spacial score (nSPS) is 25.5. The number of rotatable bonds is 5. The number of aliphatic hydroxyl groups is 3. The summed E-state index contributed by atoms with van der Waals surface area (Å²) in [6.45, 7) is 0.296. The molecule has 1 aliphatic heterocycles. The number of aliphatic hydroxyl groups excluding tert-OH is 3. The maximum absolute atomic E-state index is 14.5. The van der Waals surface area contributed by atoms with E-state index in [4.69, 9.17) is 9.47 Å². The van der Waals surface area contributed by atoms with Gasteiger partial charge in [-0.25, -0.2) is 8.78 Å². The molecular weight excluding hydrogens is 457 g/mol. The summed E-state index contributed by atoms with van der Waals surface area (Å²) >= 11 is 0. The van der Waals surface area contributed by atoms with Gasteiger partial charge in [-0.15, -0.1) is 0 Å². The topological polar surface area (TPSA) is 108 Å². The smallest absolute Gasteiger partial charge is 0.417 e. The quantitative estimate of drug-likeness (QED) is 0.491. The van der Waals surface area contributed by atoms with Crippen LogP contribution in [0.1, 0.15) is 12.5 Å². The van der Waals surface area contributed by atoms with E-state index in [2.05, 4.69) is 5.32 Å². The lowest BCUT2D eigenvalue weighted by Crippen LogP contribution is -2.65. The van der Waals surface area contributed by atoms with Gasteiger partial charge in [0.05, 0.1) is 12.2 Å². The van der Waals surface area contributed by atoms with Crippen molar-refractivity contribution in [3.05, 3.63) is 53.6 Å². The van der Waals surface area contributed by atoms with Crippen LogP contribution in [0, 0.1) is 11.6 Å². The van der Waals surface area contributed by atoms with Gasteiger partial charge in [-0.05, 0) is 24.3 Å². The number of halogens is 5. The van der Waals surface area contributed by atoms with Gasteiger partial charge in [0.15, 0.2) is 0 Å². The molecule has 0 saturated carbocycles. The molecule has 4 N–H and O–H groups in total. The molecule has 2 aromatic carbocycles. The lowest BCUT2D eigenvalue weighted by molar-refractivity contribution is -0.244. The Labute approximate surface area is 184 Å². The fourth-order valence-electron chi connectivity index (χ4n) is 3.53. The van der Waals surface area contributed by atoms with E-state index in [0.717, 1.165) is 31.2 Å². The Morgan fingerprint density at radius 3 is 2.42 bits per heavy atom. The van der Waals surface area contributed by atoms with E-state index in [0.29, 0.717) is 12.1 Å². The molecule has 0 bridgehead atoms. The third-order valence-corrected chi connectivity index (χ3v) is 5.03. The minimum absolute atomic E-state index is 0.408. The van der Waals surface area contributed by atoms with Crippen molar-refractivity contribution >= 4 is 5.91 Å². The molecule has 0 aliphatic carbocycles. The predicted molar refractivity (Wildman–Crippen MR) is 103 cm³/mol.